The average molecular weight is 289 g/mol. The monoisotopic (exact) mass is 289 g/mol. The molecule has 0 radical (unpaired) electrons. The molecule has 110 valence electrons. The molecule has 0 aliphatic carbocycles. The molecule has 21 heavy (non-hydrogen) atoms. The molecule has 0 bridgehead atoms. The topological polar surface area (TPSA) is 53.1 Å². The molecule has 2 rings (SSSR count). The predicted molar refractivity (Wildman–Crippen MR) is 80.5 cm³/mol. The van der Waals surface area contributed by atoms with Crippen LogP contribution in [0.1, 0.15) is 18.1 Å². The van der Waals surface area contributed by atoms with Gasteiger partial charge in [0, 0.05) is 24.3 Å². The fourth-order valence-corrected chi connectivity index (χ4v) is 2.18. The molecular formula is C16H17F2N3. The lowest BCUT2D eigenvalue weighted by Gasteiger charge is -2.24. The van der Waals surface area contributed by atoms with Gasteiger partial charge in [0.1, 0.15) is 17.5 Å². The Kier molecular flexibility index (Phi) is 4.52. The van der Waals surface area contributed by atoms with Crippen molar-refractivity contribution < 1.29 is 8.78 Å². The lowest BCUT2D eigenvalue weighted by Crippen LogP contribution is -2.24. The summed E-state index contributed by atoms with van der Waals surface area (Å²) in [6, 6.07) is 10.4. The van der Waals surface area contributed by atoms with Crippen LogP contribution in [0.3, 0.4) is 0 Å². The zero-order valence-corrected chi connectivity index (χ0v) is 11.7. The predicted octanol–water partition coefficient (Wildman–Crippen LogP) is 3.28. The van der Waals surface area contributed by atoms with Gasteiger partial charge >= 0.3 is 0 Å². The Balaban J connectivity index is 2.30. The van der Waals surface area contributed by atoms with Crippen LogP contribution in [0, 0.1) is 17.0 Å². The Morgan fingerprint density at radius 1 is 1.10 bits per heavy atom. The van der Waals surface area contributed by atoms with Gasteiger partial charge in [-0.3, -0.25) is 5.41 Å². The third-order valence-corrected chi connectivity index (χ3v) is 3.30. The summed E-state index contributed by atoms with van der Waals surface area (Å²) >= 11 is 0. The maximum absolute atomic E-state index is 13.3. The Bertz CT molecular complexity index is 638. The molecule has 0 spiro atoms. The molecule has 3 N–H and O–H groups in total. The van der Waals surface area contributed by atoms with E-state index >= 15 is 0 Å². The van der Waals surface area contributed by atoms with Crippen LogP contribution >= 0.6 is 0 Å². The van der Waals surface area contributed by atoms with Crippen molar-refractivity contribution in [3.8, 4) is 0 Å². The number of anilines is 1. The third-order valence-electron chi connectivity index (χ3n) is 3.30. The molecule has 2 aromatic rings. The molecule has 5 heteroatoms. The van der Waals surface area contributed by atoms with Crippen molar-refractivity contribution in [2.24, 2.45) is 5.73 Å². The van der Waals surface area contributed by atoms with E-state index < -0.39 is 5.82 Å². The van der Waals surface area contributed by atoms with E-state index in [4.69, 9.17) is 11.1 Å². The average Bonchev–Trinajstić information content (AvgIpc) is 2.47. The minimum absolute atomic E-state index is 0.167. The van der Waals surface area contributed by atoms with Gasteiger partial charge in [-0.1, -0.05) is 6.07 Å². The summed E-state index contributed by atoms with van der Waals surface area (Å²) in [7, 11) is 0. The molecular weight excluding hydrogens is 272 g/mol. The van der Waals surface area contributed by atoms with Gasteiger partial charge in [0.05, 0.1) is 0 Å². The van der Waals surface area contributed by atoms with Gasteiger partial charge in [-0.05, 0) is 48.9 Å². The van der Waals surface area contributed by atoms with Crippen LogP contribution in [0.5, 0.6) is 0 Å². The molecule has 3 nitrogen and oxygen atoms in total. The summed E-state index contributed by atoms with van der Waals surface area (Å²) in [5, 5.41) is 7.55. The lowest BCUT2D eigenvalue weighted by atomic mass is 10.1. The Labute approximate surface area is 122 Å². The minimum atomic E-state index is -0.422. The standard InChI is InChI=1S/C16H17F2N3/c1-2-21(14-7-5-12(17)6-8-14)10-11-3-4-13(18)9-15(11)16(19)20/h3-9H,2,10H2,1H3,(H3,19,20). The van der Waals surface area contributed by atoms with E-state index in [1.54, 1.807) is 18.2 Å². The molecule has 0 atom stereocenters. The number of nitrogen functional groups attached to an aromatic ring is 1. The highest BCUT2D eigenvalue weighted by Crippen LogP contribution is 2.20. The van der Waals surface area contributed by atoms with E-state index in [-0.39, 0.29) is 11.7 Å². The first-order chi connectivity index (χ1) is 10.0. The van der Waals surface area contributed by atoms with Gasteiger partial charge < -0.3 is 10.6 Å². The first kappa shape index (κ1) is 15.0. The van der Waals surface area contributed by atoms with Crippen molar-refractivity contribution in [1.82, 2.24) is 0 Å². The van der Waals surface area contributed by atoms with Crippen molar-refractivity contribution in [3.63, 3.8) is 0 Å². The second-order valence-electron chi connectivity index (χ2n) is 4.71. The highest BCUT2D eigenvalue weighted by molar-refractivity contribution is 5.96. The second kappa shape index (κ2) is 6.35. The van der Waals surface area contributed by atoms with Crippen LogP contribution in [0.4, 0.5) is 14.5 Å². The highest BCUT2D eigenvalue weighted by atomic mass is 19.1. The number of hydrogen-bond acceptors (Lipinski definition) is 2. The number of amidine groups is 1. The lowest BCUT2D eigenvalue weighted by molar-refractivity contribution is 0.625. The van der Waals surface area contributed by atoms with E-state index in [2.05, 4.69) is 0 Å². The summed E-state index contributed by atoms with van der Waals surface area (Å²) < 4.78 is 26.3. The molecule has 2 aromatic carbocycles. The molecule has 0 unspecified atom stereocenters. The fourth-order valence-electron chi connectivity index (χ4n) is 2.18. The van der Waals surface area contributed by atoms with E-state index in [1.165, 1.54) is 24.3 Å². The van der Waals surface area contributed by atoms with Crippen molar-refractivity contribution >= 4 is 11.5 Å². The van der Waals surface area contributed by atoms with Gasteiger partial charge in [-0.25, -0.2) is 8.78 Å². The van der Waals surface area contributed by atoms with E-state index in [9.17, 15) is 8.78 Å². The van der Waals surface area contributed by atoms with Crippen LogP contribution in [0.25, 0.3) is 0 Å². The van der Waals surface area contributed by atoms with Crippen LogP contribution < -0.4 is 10.6 Å². The first-order valence-electron chi connectivity index (χ1n) is 6.64. The normalized spacial score (nSPS) is 10.4. The van der Waals surface area contributed by atoms with Crippen molar-refractivity contribution in [1.29, 1.82) is 5.41 Å². The molecule has 0 amide bonds. The Hall–Kier alpha value is -2.43. The smallest absolute Gasteiger partial charge is 0.123 e. The van der Waals surface area contributed by atoms with E-state index in [1.807, 2.05) is 11.8 Å². The molecule has 0 heterocycles. The second-order valence-corrected chi connectivity index (χ2v) is 4.71. The van der Waals surface area contributed by atoms with Crippen LogP contribution in [0.2, 0.25) is 0 Å². The molecule has 0 saturated heterocycles. The van der Waals surface area contributed by atoms with E-state index in [0.29, 0.717) is 18.7 Å². The summed E-state index contributed by atoms with van der Waals surface area (Å²) in [6.45, 7) is 3.14. The quantitative estimate of drug-likeness (QED) is 0.655. The molecule has 0 aromatic heterocycles. The number of nitrogens with zero attached hydrogens (tertiary/aromatic N) is 1. The summed E-state index contributed by atoms with van der Waals surface area (Å²) in [5.74, 6) is -0.880. The van der Waals surface area contributed by atoms with Crippen molar-refractivity contribution in [2.75, 3.05) is 11.4 Å². The Morgan fingerprint density at radius 3 is 2.29 bits per heavy atom. The molecule has 0 aliphatic heterocycles. The van der Waals surface area contributed by atoms with Crippen LogP contribution in [-0.2, 0) is 6.54 Å². The van der Waals surface area contributed by atoms with Crippen molar-refractivity contribution in [2.45, 2.75) is 13.5 Å². The zero-order chi connectivity index (χ0) is 15.4. The van der Waals surface area contributed by atoms with Gasteiger partial charge in [-0.15, -0.1) is 0 Å². The summed E-state index contributed by atoms with van der Waals surface area (Å²) in [5.41, 5.74) is 7.51. The highest BCUT2D eigenvalue weighted by Gasteiger charge is 2.11. The maximum Gasteiger partial charge on any atom is 0.123 e. The molecule has 0 fully saturated rings. The van der Waals surface area contributed by atoms with Gasteiger partial charge in [0.15, 0.2) is 0 Å². The largest absolute Gasteiger partial charge is 0.384 e. The number of rotatable bonds is 5. The van der Waals surface area contributed by atoms with Gasteiger partial charge in [-0.2, -0.15) is 0 Å². The number of halogens is 2. The minimum Gasteiger partial charge on any atom is -0.384 e. The van der Waals surface area contributed by atoms with Crippen molar-refractivity contribution in [3.05, 3.63) is 65.2 Å². The molecule has 0 aliphatic rings. The number of nitrogens with one attached hydrogen (secondary N) is 1. The number of hydrogen-bond donors (Lipinski definition) is 2. The van der Waals surface area contributed by atoms with Gasteiger partial charge in [0.25, 0.3) is 0 Å². The SMILES string of the molecule is CCN(Cc1ccc(F)cc1C(=N)N)c1ccc(F)cc1. The van der Waals surface area contributed by atoms with Crippen LogP contribution in [0.15, 0.2) is 42.5 Å². The van der Waals surface area contributed by atoms with Crippen LogP contribution in [-0.4, -0.2) is 12.4 Å². The number of benzene rings is 2. The summed E-state index contributed by atoms with van der Waals surface area (Å²) in [6.07, 6.45) is 0. The maximum atomic E-state index is 13.3. The first-order valence-corrected chi connectivity index (χ1v) is 6.64. The number of nitrogens with two attached hydrogens (primary N) is 1. The summed E-state index contributed by atoms with van der Waals surface area (Å²) in [4.78, 5) is 2.00. The Morgan fingerprint density at radius 2 is 1.71 bits per heavy atom. The van der Waals surface area contributed by atoms with Gasteiger partial charge in [0.2, 0.25) is 0 Å². The third kappa shape index (κ3) is 3.56. The fraction of sp³-hybridized carbons (Fsp3) is 0.188. The van der Waals surface area contributed by atoms with E-state index in [0.717, 1.165) is 11.3 Å². The zero-order valence-electron chi connectivity index (χ0n) is 11.7. The molecule has 0 saturated carbocycles.